The lowest BCUT2D eigenvalue weighted by atomic mass is 10.00. The lowest BCUT2D eigenvalue weighted by Gasteiger charge is -2.35. The van der Waals surface area contributed by atoms with Crippen LogP contribution in [-0.4, -0.2) is 78.3 Å². The number of pyridine rings is 1. The van der Waals surface area contributed by atoms with Gasteiger partial charge < -0.3 is 25.3 Å². The van der Waals surface area contributed by atoms with Gasteiger partial charge in [-0.25, -0.2) is 9.78 Å². The van der Waals surface area contributed by atoms with Crippen LogP contribution in [0, 0.1) is 5.41 Å². The maximum absolute atomic E-state index is 12.8. The molecule has 2 fully saturated rings. The van der Waals surface area contributed by atoms with Gasteiger partial charge in [-0.3, -0.25) is 10.00 Å². The average molecular weight is 489 g/mol. The summed E-state index contributed by atoms with van der Waals surface area (Å²) in [7, 11) is 1.81. The number of ether oxygens (including phenoxy) is 1. The highest BCUT2D eigenvalue weighted by molar-refractivity contribution is 5.97. The number of urea groups is 1. The Morgan fingerprint density at radius 1 is 1.22 bits per heavy atom. The smallest absolute Gasteiger partial charge is 0.324 e. The van der Waals surface area contributed by atoms with Crippen LogP contribution in [0.5, 0.6) is 0 Å². The van der Waals surface area contributed by atoms with Crippen molar-refractivity contribution in [2.24, 2.45) is 0 Å². The van der Waals surface area contributed by atoms with E-state index < -0.39 is 0 Å². The number of nitrogens with zero attached hydrogens (tertiary/aromatic N) is 5. The van der Waals surface area contributed by atoms with E-state index in [9.17, 15) is 4.79 Å². The molecule has 188 valence electrons. The highest BCUT2D eigenvalue weighted by Crippen LogP contribution is 2.34. The summed E-state index contributed by atoms with van der Waals surface area (Å²) in [6.45, 7) is 5.77. The Hall–Kier alpha value is -3.92. The van der Waals surface area contributed by atoms with Gasteiger partial charge in [-0.05, 0) is 49.1 Å². The van der Waals surface area contributed by atoms with Gasteiger partial charge in [0, 0.05) is 50.2 Å². The number of morpholine rings is 1. The van der Waals surface area contributed by atoms with E-state index in [0.717, 1.165) is 55.1 Å². The van der Waals surface area contributed by atoms with Crippen molar-refractivity contribution in [1.82, 2.24) is 20.1 Å². The first-order valence-corrected chi connectivity index (χ1v) is 12.3. The van der Waals surface area contributed by atoms with E-state index in [0.29, 0.717) is 30.4 Å². The molecule has 5 rings (SSSR count). The number of hydrogen-bond donors (Lipinski definition) is 3. The third-order valence-corrected chi connectivity index (χ3v) is 6.83. The van der Waals surface area contributed by atoms with Crippen molar-refractivity contribution in [1.29, 1.82) is 5.41 Å². The summed E-state index contributed by atoms with van der Waals surface area (Å²) in [4.78, 5) is 23.6. The van der Waals surface area contributed by atoms with E-state index >= 15 is 0 Å². The second-order valence-corrected chi connectivity index (χ2v) is 9.23. The number of H-pyrrole nitrogens is 1. The number of carbonyl (C=O) groups is 1. The van der Waals surface area contributed by atoms with Crippen LogP contribution in [0.2, 0.25) is 0 Å². The van der Waals surface area contributed by atoms with Crippen LogP contribution in [0.1, 0.15) is 25.3 Å². The lowest BCUT2D eigenvalue weighted by Crippen LogP contribution is -2.44. The van der Waals surface area contributed by atoms with Crippen molar-refractivity contribution in [2.75, 3.05) is 55.0 Å². The maximum atomic E-state index is 12.8. The Balaban J connectivity index is 1.51. The number of amides is 2. The first-order valence-electron chi connectivity index (χ1n) is 12.3. The molecule has 0 unspecified atom stereocenters. The van der Waals surface area contributed by atoms with E-state index in [1.54, 1.807) is 11.1 Å². The second kappa shape index (κ2) is 10.4. The molecule has 36 heavy (non-hydrogen) atoms. The van der Waals surface area contributed by atoms with Gasteiger partial charge >= 0.3 is 6.03 Å². The monoisotopic (exact) mass is 488 g/mol. The fourth-order valence-corrected chi connectivity index (χ4v) is 4.78. The summed E-state index contributed by atoms with van der Waals surface area (Å²) in [5.74, 6) is 2.09. The van der Waals surface area contributed by atoms with Crippen LogP contribution in [-0.2, 0) is 4.74 Å². The molecule has 3 N–H and O–H groups in total. The Bertz CT molecular complexity index is 1210. The van der Waals surface area contributed by atoms with Crippen LogP contribution in [0.25, 0.3) is 11.1 Å². The molecule has 0 aliphatic carbocycles. The van der Waals surface area contributed by atoms with Gasteiger partial charge in [0.2, 0.25) is 0 Å². The number of nitrogens with one attached hydrogen (secondary N) is 3. The Morgan fingerprint density at radius 2 is 2.00 bits per heavy atom. The summed E-state index contributed by atoms with van der Waals surface area (Å²) in [5, 5.41) is 18.4. The van der Waals surface area contributed by atoms with E-state index in [1.807, 2.05) is 48.3 Å². The summed E-state index contributed by atoms with van der Waals surface area (Å²) < 4.78 is 5.63. The van der Waals surface area contributed by atoms with Crippen molar-refractivity contribution in [3.8, 4) is 11.1 Å². The van der Waals surface area contributed by atoms with Crippen molar-refractivity contribution in [3.63, 3.8) is 0 Å². The molecule has 2 aromatic heterocycles. The summed E-state index contributed by atoms with van der Waals surface area (Å²) in [6, 6.07) is 12.0. The Kier molecular flexibility index (Phi) is 6.86. The number of carbonyl (C=O) groups excluding carboxylic acids is 1. The van der Waals surface area contributed by atoms with Gasteiger partial charge in [0.15, 0.2) is 0 Å². The van der Waals surface area contributed by atoms with Gasteiger partial charge in [0.05, 0.1) is 25.5 Å². The van der Waals surface area contributed by atoms with Gasteiger partial charge in [-0.15, -0.1) is 0 Å². The van der Waals surface area contributed by atoms with Crippen molar-refractivity contribution >= 4 is 35.4 Å². The topological polar surface area (TPSA) is 113 Å². The van der Waals surface area contributed by atoms with E-state index in [1.165, 1.54) is 6.21 Å². The van der Waals surface area contributed by atoms with Gasteiger partial charge in [-0.2, -0.15) is 5.10 Å². The molecule has 4 heterocycles. The summed E-state index contributed by atoms with van der Waals surface area (Å²) in [5.41, 5.74) is 3.33. The molecule has 1 aromatic carbocycles. The fraction of sp³-hybridized carbons (Fsp3) is 0.385. The molecule has 0 radical (unpaired) electrons. The summed E-state index contributed by atoms with van der Waals surface area (Å²) in [6.07, 6.45) is 5.11. The minimum atomic E-state index is 0.0268. The molecule has 0 saturated carbocycles. The summed E-state index contributed by atoms with van der Waals surface area (Å²) >= 11 is 0. The molecule has 1 atom stereocenters. The van der Waals surface area contributed by atoms with Crippen LogP contribution >= 0.6 is 0 Å². The van der Waals surface area contributed by atoms with E-state index in [4.69, 9.17) is 15.1 Å². The molecule has 2 amide bonds. The molecule has 10 nitrogen and oxygen atoms in total. The van der Waals surface area contributed by atoms with Gasteiger partial charge in [0.1, 0.15) is 17.5 Å². The number of likely N-dealkylation sites (tertiary alicyclic amines) is 1. The molecule has 10 heteroatoms. The van der Waals surface area contributed by atoms with Crippen LogP contribution < -0.4 is 15.1 Å². The average Bonchev–Trinajstić information content (AvgIpc) is 3.63. The molecule has 2 aliphatic rings. The standard InChI is InChI=1S/C26H32N8O2/c1-18-17-36-14-13-34(18)24-15-21(22(16-27)25(30-24)29-23-9-10-28-31-23)19-5-7-20(8-6-19)32(2)26(35)33-11-3-4-12-33/h5-10,15-16,18,27H,3-4,11-14,17H2,1-2H3,(H2,28,29,30,31)/t18-/m1/s1. The first-order chi connectivity index (χ1) is 17.5. The molecule has 2 aliphatic heterocycles. The van der Waals surface area contributed by atoms with Crippen molar-refractivity contribution in [3.05, 3.63) is 48.2 Å². The highest BCUT2D eigenvalue weighted by atomic mass is 16.5. The third kappa shape index (κ3) is 4.76. The van der Waals surface area contributed by atoms with Crippen molar-refractivity contribution < 1.29 is 9.53 Å². The minimum absolute atomic E-state index is 0.0268. The van der Waals surface area contributed by atoms with Crippen molar-refractivity contribution in [2.45, 2.75) is 25.8 Å². The lowest BCUT2D eigenvalue weighted by molar-refractivity contribution is 0.0985. The molecule has 0 spiro atoms. The number of aromatic amines is 1. The molecule has 0 bridgehead atoms. The van der Waals surface area contributed by atoms with Crippen LogP contribution in [0.4, 0.5) is 27.9 Å². The largest absolute Gasteiger partial charge is 0.377 e. The first kappa shape index (κ1) is 23.8. The zero-order valence-corrected chi connectivity index (χ0v) is 20.7. The van der Waals surface area contributed by atoms with Crippen LogP contribution in [0.3, 0.4) is 0 Å². The Morgan fingerprint density at radius 3 is 2.67 bits per heavy atom. The molecular formula is C26H32N8O2. The third-order valence-electron chi connectivity index (χ3n) is 6.83. The molecular weight excluding hydrogens is 456 g/mol. The number of rotatable bonds is 6. The van der Waals surface area contributed by atoms with Gasteiger partial charge in [0.25, 0.3) is 0 Å². The SMILES string of the molecule is C[C@@H]1COCCN1c1cc(-c2ccc(N(C)C(=O)N3CCCC3)cc2)c(C=N)c(Nc2ccn[nH]2)n1. The molecule has 3 aromatic rings. The quantitative estimate of drug-likeness (QED) is 0.451. The normalized spacial score (nSPS) is 17.8. The van der Waals surface area contributed by atoms with Crippen LogP contribution in [0.15, 0.2) is 42.6 Å². The number of benzene rings is 1. The zero-order valence-electron chi connectivity index (χ0n) is 20.7. The predicted molar refractivity (Wildman–Crippen MR) is 142 cm³/mol. The highest BCUT2D eigenvalue weighted by Gasteiger charge is 2.24. The predicted octanol–water partition coefficient (Wildman–Crippen LogP) is 4.09. The fourth-order valence-electron chi connectivity index (χ4n) is 4.78. The number of aromatic nitrogens is 3. The minimum Gasteiger partial charge on any atom is -0.377 e. The van der Waals surface area contributed by atoms with Gasteiger partial charge in [-0.1, -0.05) is 12.1 Å². The zero-order chi connectivity index (χ0) is 25.1. The number of hydrogen-bond acceptors (Lipinski definition) is 7. The second-order valence-electron chi connectivity index (χ2n) is 9.23. The molecule has 2 saturated heterocycles. The number of anilines is 4. The maximum Gasteiger partial charge on any atom is 0.324 e. The Labute approximate surface area is 210 Å². The van der Waals surface area contributed by atoms with E-state index in [-0.39, 0.29) is 12.1 Å². The van der Waals surface area contributed by atoms with E-state index in [2.05, 4.69) is 27.3 Å².